The topological polar surface area (TPSA) is 51.2 Å². The molecule has 0 bridgehead atoms. The van der Waals surface area contributed by atoms with Crippen molar-refractivity contribution in [2.45, 2.75) is 12.3 Å². The minimum Gasteiger partial charge on any atom is -0.439 e. The monoisotopic (exact) mass is 382 g/mol. The number of rotatable bonds is 7. The molecule has 27 heavy (non-hydrogen) atoms. The van der Waals surface area contributed by atoms with Crippen LogP contribution in [0.5, 0.6) is 11.6 Å². The summed E-state index contributed by atoms with van der Waals surface area (Å²) in [7, 11) is 0. The molecule has 1 amide bonds. The fraction of sp³-hybridized carbons (Fsp3) is 0.143. The summed E-state index contributed by atoms with van der Waals surface area (Å²) in [5, 5.41) is 2.88. The van der Waals surface area contributed by atoms with Crippen LogP contribution >= 0.6 is 11.8 Å². The summed E-state index contributed by atoms with van der Waals surface area (Å²) < 4.78 is 19.0. The maximum Gasteiger partial charge on any atom is 0.251 e. The van der Waals surface area contributed by atoms with Gasteiger partial charge in [-0.25, -0.2) is 9.37 Å². The van der Waals surface area contributed by atoms with E-state index >= 15 is 0 Å². The number of nitrogens with one attached hydrogen (secondary N) is 1. The van der Waals surface area contributed by atoms with Gasteiger partial charge in [-0.1, -0.05) is 24.3 Å². The Morgan fingerprint density at radius 3 is 2.81 bits per heavy atom. The van der Waals surface area contributed by atoms with E-state index in [-0.39, 0.29) is 18.3 Å². The SMILES string of the molecule is CSCc1cccc(C(=O)NCc2cccnc2Oc2cccc(F)c2)c1. The van der Waals surface area contributed by atoms with Crippen LogP contribution in [0, 0.1) is 5.82 Å². The second-order valence-corrected chi connectivity index (χ2v) is 6.71. The lowest BCUT2D eigenvalue weighted by atomic mass is 10.1. The van der Waals surface area contributed by atoms with Crippen LogP contribution < -0.4 is 10.1 Å². The number of halogens is 1. The number of amides is 1. The fourth-order valence-corrected chi connectivity index (χ4v) is 3.05. The Labute approximate surface area is 161 Å². The quantitative estimate of drug-likeness (QED) is 0.637. The normalized spacial score (nSPS) is 10.4. The largest absolute Gasteiger partial charge is 0.439 e. The van der Waals surface area contributed by atoms with Crippen molar-refractivity contribution < 1.29 is 13.9 Å². The zero-order valence-electron chi connectivity index (χ0n) is 14.8. The average Bonchev–Trinajstić information content (AvgIpc) is 2.67. The van der Waals surface area contributed by atoms with E-state index in [1.54, 1.807) is 42.2 Å². The zero-order valence-corrected chi connectivity index (χ0v) is 15.6. The lowest BCUT2D eigenvalue weighted by Gasteiger charge is -2.11. The summed E-state index contributed by atoms with van der Waals surface area (Å²) in [6.07, 6.45) is 3.61. The summed E-state index contributed by atoms with van der Waals surface area (Å²) in [6, 6.07) is 17.0. The summed E-state index contributed by atoms with van der Waals surface area (Å²) >= 11 is 1.71. The Hall–Kier alpha value is -2.86. The van der Waals surface area contributed by atoms with E-state index in [9.17, 15) is 9.18 Å². The van der Waals surface area contributed by atoms with E-state index in [4.69, 9.17) is 4.74 Å². The molecule has 138 valence electrons. The molecule has 0 radical (unpaired) electrons. The van der Waals surface area contributed by atoms with Crippen molar-refractivity contribution in [1.29, 1.82) is 0 Å². The molecule has 3 rings (SSSR count). The molecular formula is C21H19FN2O2S. The number of carbonyl (C=O) groups excluding carboxylic acids is 1. The van der Waals surface area contributed by atoms with Crippen molar-refractivity contribution in [3.05, 3.63) is 89.4 Å². The smallest absolute Gasteiger partial charge is 0.251 e. The van der Waals surface area contributed by atoms with Crippen LogP contribution in [-0.2, 0) is 12.3 Å². The average molecular weight is 382 g/mol. The highest BCUT2D eigenvalue weighted by Crippen LogP contribution is 2.23. The molecule has 1 N–H and O–H groups in total. The second kappa shape index (κ2) is 9.19. The second-order valence-electron chi connectivity index (χ2n) is 5.84. The first-order valence-corrected chi connectivity index (χ1v) is 9.78. The lowest BCUT2D eigenvalue weighted by molar-refractivity contribution is 0.0950. The minimum absolute atomic E-state index is 0.168. The highest BCUT2D eigenvalue weighted by molar-refractivity contribution is 7.97. The van der Waals surface area contributed by atoms with Crippen molar-refractivity contribution >= 4 is 17.7 Å². The van der Waals surface area contributed by atoms with Gasteiger partial charge in [-0.3, -0.25) is 4.79 Å². The Morgan fingerprint density at radius 2 is 2.00 bits per heavy atom. The first-order valence-electron chi connectivity index (χ1n) is 8.39. The number of aromatic nitrogens is 1. The molecule has 4 nitrogen and oxygen atoms in total. The molecule has 3 aromatic rings. The van der Waals surface area contributed by atoms with Gasteiger partial charge in [0.1, 0.15) is 11.6 Å². The Kier molecular flexibility index (Phi) is 6.44. The van der Waals surface area contributed by atoms with Crippen molar-refractivity contribution in [3.8, 4) is 11.6 Å². The minimum atomic E-state index is -0.386. The molecule has 0 unspecified atom stereocenters. The summed E-state index contributed by atoms with van der Waals surface area (Å²) in [5.74, 6) is 0.988. The third-order valence-corrected chi connectivity index (χ3v) is 4.42. The van der Waals surface area contributed by atoms with Crippen molar-refractivity contribution in [1.82, 2.24) is 10.3 Å². The maximum atomic E-state index is 13.3. The molecule has 0 spiro atoms. The number of hydrogen-bond acceptors (Lipinski definition) is 4. The maximum absolute atomic E-state index is 13.3. The molecule has 6 heteroatoms. The first kappa shape index (κ1) is 18.9. The van der Waals surface area contributed by atoms with Crippen molar-refractivity contribution in [2.75, 3.05) is 6.26 Å². The van der Waals surface area contributed by atoms with E-state index in [2.05, 4.69) is 10.3 Å². The van der Waals surface area contributed by atoms with Crippen LogP contribution in [0.2, 0.25) is 0 Å². The summed E-state index contributed by atoms with van der Waals surface area (Å²) in [5.41, 5.74) is 2.42. The van der Waals surface area contributed by atoms with E-state index in [0.717, 1.165) is 11.3 Å². The van der Waals surface area contributed by atoms with Crippen LogP contribution in [0.15, 0.2) is 66.9 Å². The Balaban J connectivity index is 1.69. The molecule has 0 aliphatic heterocycles. The standard InChI is InChI=1S/C21H19FN2O2S/c1-27-14-15-5-2-6-16(11-15)20(25)24-13-17-7-4-10-23-21(17)26-19-9-3-8-18(22)12-19/h2-12H,13-14H2,1H3,(H,24,25). The molecule has 0 aliphatic rings. The number of benzene rings is 2. The molecule has 2 aromatic carbocycles. The Bertz CT molecular complexity index is 933. The molecular weight excluding hydrogens is 363 g/mol. The van der Waals surface area contributed by atoms with Crippen LogP contribution in [-0.4, -0.2) is 17.1 Å². The van der Waals surface area contributed by atoms with Gasteiger partial charge in [0.2, 0.25) is 5.88 Å². The van der Waals surface area contributed by atoms with Crippen LogP contribution in [0.25, 0.3) is 0 Å². The lowest BCUT2D eigenvalue weighted by Crippen LogP contribution is -2.23. The van der Waals surface area contributed by atoms with E-state index in [1.807, 2.05) is 30.5 Å². The molecule has 0 saturated heterocycles. The number of carbonyl (C=O) groups is 1. The predicted molar refractivity (Wildman–Crippen MR) is 106 cm³/mol. The van der Waals surface area contributed by atoms with Crippen LogP contribution in [0.4, 0.5) is 4.39 Å². The highest BCUT2D eigenvalue weighted by Gasteiger charge is 2.10. The van der Waals surface area contributed by atoms with Crippen molar-refractivity contribution in [2.24, 2.45) is 0 Å². The number of hydrogen-bond donors (Lipinski definition) is 1. The number of thioether (sulfide) groups is 1. The van der Waals surface area contributed by atoms with Gasteiger partial charge in [0.25, 0.3) is 5.91 Å². The summed E-state index contributed by atoms with van der Waals surface area (Å²) in [4.78, 5) is 16.7. The van der Waals surface area contributed by atoms with E-state index in [0.29, 0.717) is 22.8 Å². The van der Waals surface area contributed by atoms with E-state index < -0.39 is 0 Å². The molecule has 0 fully saturated rings. The number of ether oxygens (including phenoxy) is 1. The number of nitrogens with zero attached hydrogens (tertiary/aromatic N) is 1. The van der Waals surface area contributed by atoms with E-state index in [1.165, 1.54) is 12.1 Å². The van der Waals surface area contributed by atoms with Gasteiger partial charge < -0.3 is 10.1 Å². The number of pyridine rings is 1. The van der Waals surface area contributed by atoms with Gasteiger partial charge in [-0.05, 0) is 42.2 Å². The molecule has 0 aliphatic carbocycles. The van der Waals surface area contributed by atoms with Crippen LogP contribution in [0.3, 0.4) is 0 Å². The Morgan fingerprint density at radius 1 is 1.15 bits per heavy atom. The third-order valence-electron chi connectivity index (χ3n) is 3.80. The molecule has 1 heterocycles. The molecule has 0 atom stereocenters. The van der Waals surface area contributed by atoms with Gasteiger partial charge in [0, 0.05) is 35.7 Å². The first-order chi connectivity index (χ1) is 13.2. The predicted octanol–water partition coefficient (Wildman–Crippen LogP) is 4.81. The van der Waals surface area contributed by atoms with Gasteiger partial charge in [-0.2, -0.15) is 11.8 Å². The van der Waals surface area contributed by atoms with Crippen LogP contribution in [0.1, 0.15) is 21.5 Å². The fourth-order valence-electron chi connectivity index (χ4n) is 2.54. The third kappa shape index (κ3) is 5.31. The summed E-state index contributed by atoms with van der Waals surface area (Å²) in [6.45, 7) is 0.254. The van der Waals surface area contributed by atoms with Crippen molar-refractivity contribution in [3.63, 3.8) is 0 Å². The molecule has 1 aromatic heterocycles. The van der Waals surface area contributed by atoms with Gasteiger partial charge >= 0.3 is 0 Å². The zero-order chi connectivity index (χ0) is 19.1. The van der Waals surface area contributed by atoms with Gasteiger partial charge in [0.05, 0.1) is 0 Å². The molecule has 0 saturated carbocycles. The van der Waals surface area contributed by atoms with Gasteiger partial charge in [-0.15, -0.1) is 0 Å². The van der Waals surface area contributed by atoms with Gasteiger partial charge in [0.15, 0.2) is 0 Å². The highest BCUT2D eigenvalue weighted by atomic mass is 32.2.